The van der Waals surface area contributed by atoms with E-state index in [2.05, 4.69) is 14.6 Å². The van der Waals surface area contributed by atoms with E-state index in [1.165, 1.54) is 6.07 Å². The lowest BCUT2D eigenvalue weighted by Crippen LogP contribution is -2.50. The van der Waals surface area contributed by atoms with Crippen LogP contribution >= 0.6 is 23.2 Å². The molecule has 2 aromatic heterocycles. The third kappa shape index (κ3) is 4.68. The maximum atomic E-state index is 14.2. The molecule has 4 aromatic rings. The summed E-state index contributed by atoms with van der Waals surface area (Å²) < 4.78 is 32.5. The number of hydrogen-bond acceptors (Lipinski definition) is 5. The summed E-state index contributed by atoms with van der Waals surface area (Å²) >= 11 is 11.7. The molecule has 10 heteroatoms. The minimum Gasteiger partial charge on any atom is -0.598 e. The molecule has 6 rings (SSSR count). The lowest BCUT2D eigenvalue weighted by atomic mass is 9.73. The zero-order valence-corrected chi connectivity index (χ0v) is 25.3. The summed E-state index contributed by atoms with van der Waals surface area (Å²) in [6, 6.07) is 10.5. The Morgan fingerprint density at radius 1 is 1.15 bits per heavy atom. The van der Waals surface area contributed by atoms with Gasteiger partial charge in [0.05, 0.1) is 21.8 Å². The molecule has 2 aromatic carbocycles. The Morgan fingerprint density at radius 3 is 2.62 bits per heavy atom. The lowest BCUT2D eigenvalue weighted by Gasteiger charge is -2.44. The minimum absolute atomic E-state index is 0.111. The predicted molar refractivity (Wildman–Crippen MR) is 161 cm³/mol. The monoisotopic (exact) mass is 599 g/mol. The van der Waals surface area contributed by atoms with Gasteiger partial charge in [0, 0.05) is 53.4 Å². The summed E-state index contributed by atoms with van der Waals surface area (Å²) in [7, 11) is 0. The highest BCUT2D eigenvalue weighted by molar-refractivity contribution is 7.90. The van der Waals surface area contributed by atoms with Gasteiger partial charge in [-0.05, 0) is 76.3 Å². The van der Waals surface area contributed by atoms with E-state index in [1.54, 1.807) is 18.3 Å². The van der Waals surface area contributed by atoms with Crippen molar-refractivity contribution in [2.45, 2.75) is 57.7 Å². The average Bonchev–Trinajstić information content (AvgIpc) is 3.49. The Morgan fingerprint density at radius 2 is 1.90 bits per heavy atom. The van der Waals surface area contributed by atoms with E-state index in [-0.39, 0.29) is 17.3 Å². The second-order valence-electron chi connectivity index (χ2n) is 11.9. The second kappa shape index (κ2) is 10.2. The highest BCUT2D eigenvalue weighted by Gasteiger charge is 2.50. The zero-order valence-electron chi connectivity index (χ0n) is 23.0. The van der Waals surface area contributed by atoms with Crippen molar-refractivity contribution in [2.24, 2.45) is 5.41 Å². The number of halogens is 3. The van der Waals surface area contributed by atoms with Crippen LogP contribution in [-0.4, -0.2) is 36.8 Å². The van der Waals surface area contributed by atoms with Crippen molar-refractivity contribution >= 4 is 46.2 Å². The number of fused-ring (bicyclic) bond motifs is 2. The van der Waals surface area contributed by atoms with Crippen molar-refractivity contribution in [3.05, 3.63) is 81.5 Å². The quantitative estimate of drug-likeness (QED) is 0.254. The molecule has 2 atom stereocenters. The van der Waals surface area contributed by atoms with Crippen molar-refractivity contribution in [2.75, 3.05) is 18.0 Å². The Bertz CT molecular complexity index is 1600. The SMILES string of the molecule is Cc1nc(N2CCC3(CC2)Cc2cc(F)ccc2[C@H]3N[S+]([O-])C(C)(C)C)n2ccnc2c1-c1cccc(Cl)c1Cl. The van der Waals surface area contributed by atoms with E-state index >= 15 is 0 Å². The first-order valence-corrected chi connectivity index (χ1v) is 15.4. The summed E-state index contributed by atoms with van der Waals surface area (Å²) in [4.78, 5) is 12.0. The molecular formula is C30H32Cl2FN5OS. The molecule has 3 heterocycles. The number of piperidine rings is 1. The third-order valence-corrected chi connectivity index (χ3v) is 10.7. The van der Waals surface area contributed by atoms with Gasteiger partial charge in [0.2, 0.25) is 5.95 Å². The molecule has 0 bridgehead atoms. The number of hydrogen-bond donors (Lipinski definition) is 1. The smallest absolute Gasteiger partial charge is 0.211 e. The fraction of sp³-hybridized carbons (Fsp3) is 0.400. The number of benzene rings is 2. The van der Waals surface area contributed by atoms with Gasteiger partial charge >= 0.3 is 0 Å². The molecule has 6 nitrogen and oxygen atoms in total. The lowest BCUT2D eigenvalue weighted by molar-refractivity contribution is 0.175. The van der Waals surface area contributed by atoms with Gasteiger partial charge in [0.15, 0.2) is 0 Å². The number of anilines is 1. The van der Waals surface area contributed by atoms with E-state index in [1.807, 2.05) is 56.5 Å². The fourth-order valence-electron chi connectivity index (χ4n) is 6.22. The second-order valence-corrected chi connectivity index (χ2v) is 14.7. The average molecular weight is 601 g/mol. The first-order chi connectivity index (χ1) is 19.0. The van der Waals surface area contributed by atoms with Crippen LogP contribution in [0, 0.1) is 18.2 Å². The summed E-state index contributed by atoms with van der Waals surface area (Å²) in [5.41, 5.74) is 5.16. The normalized spacial score (nSPS) is 19.4. The maximum Gasteiger partial charge on any atom is 0.211 e. The molecule has 2 aliphatic rings. The Labute approximate surface area is 247 Å². The van der Waals surface area contributed by atoms with Crippen molar-refractivity contribution in [3.63, 3.8) is 0 Å². The summed E-state index contributed by atoms with van der Waals surface area (Å²) in [6.07, 6.45) is 6.15. The first-order valence-electron chi connectivity index (χ1n) is 13.5. The number of aromatic nitrogens is 3. The van der Waals surface area contributed by atoms with Crippen LogP contribution in [0.15, 0.2) is 48.8 Å². The molecule has 0 amide bonds. The van der Waals surface area contributed by atoms with Gasteiger partial charge in [-0.15, -0.1) is 4.72 Å². The van der Waals surface area contributed by atoms with Crippen molar-refractivity contribution in [1.82, 2.24) is 19.1 Å². The van der Waals surface area contributed by atoms with Crippen LogP contribution in [0.3, 0.4) is 0 Å². The van der Waals surface area contributed by atoms with Crippen LogP contribution in [0.5, 0.6) is 0 Å². The Hall–Kier alpha value is -2.36. The van der Waals surface area contributed by atoms with Gasteiger partial charge in [-0.1, -0.05) is 41.4 Å². The van der Waals surface area contributed by atoms with Gasteiger partial charge < -0.3 is 9.45 Å². The molecule has 0 radical (unpaired) electrons. The van der Waals surface area contributed by atoms with E-state index in [0.717, 1.165) is 71.9 Å². The Kier molecular flexibility index (Phi) is 7.07. The number of imidazole rings is 1. The minimum atomic E-state index is -1.26. The molecule has 0 saturated carbocycles. The van der Waals surface area contributed by atoms with Crippen LogP contribution in [0.1, 0.15) is 56.5 Å². The molecule has 1 saturated heterocycles. The summed E-state index contributed by atoms with van der Waals surface area (Å²) in [6.45, 7) is 9.39. The van der Waals surface area contributed by atoms with E-state index in [0.29, 0.717) is 10.0 Å². The molecule has 1 unspecified atom stereocenters. The highest BCUT2D eigenvalue weighted by atomic mass is 35.5. The summed E-state index contributed by atoms with van der Waals surface area (Å²) in [5.74, 6) is 0.595. The molecule has 1 spiro atoms. The van der Waals surface area contributed by atoms with Crippen LogP contribution in [0.2, 0.25) is 10.0 Å². The third-order valence-electron chi connectivity index (χ3n) is 8.32. The van der Waals surface area contributed by atoms with Gasteiger partial charge in [0.1, 0.15) is 16.2 Å². The van der Waals surface area contributed by atoms with Crippen LogP contribution in [0.25, 0.3) is 16.8 Å². The fourth-order valence-corrected chi connectivity index (χ4v) is 7.56. The van der Waals surface area contributed by atoms with Gasteiger partial charge in [-0.2, -0.15) is 0 Å². The molecule has 40 heavy (non-hydrogen) atoms. The predicted octanol–water partition coefficient (Wildman–Crippen LogP) is 7.09. The maximum absolute atomic E-state index is 14.2. The zero-order chi connectivity index (χ0) is 28.4. The molecule has 210 valence electrons. The van der Waals surface area contributed by atoms with Crippen molar-refractivity contribution in [3.8, 4) is 11.1 Å². The molecule has 1 aliphatic carbocycles. The summed E-state index contributed by atoms with van der Waals surface area (Å²) in [5, 5.41) is 0.969. The number of rotatable bonds is 4. The molecule has 1 N–H and O–H groups in total. The molecule has 1 fully saturated rings. The van der Waals surface area contributed by atoms with E-state index < -0.39 is 16.1 Å². The standard InChI is InChI=1S/C30H32Cl2FN5OS/c1-18-24(22-6-5-7-23(31)25(22)32)27-34-12-15-38(27)28(35-18)37-13-10-30(11-14-37)17-19-16-20(33)8-9-21(19)26(30)36-40(39)29(2,3)4/h5-9,12,15-16,26,36H,10-11,13-14,17H2,1-4H3/t26-,40?/m1/s1. The van der Waals surface area contributed by atoms with Crippen molar-refractivity contribution in [1.29, 1.82) is 0 Å². The van der Waals surface area contributed by atoms with Crippen LogP contribution in [0.4, 0.5) is 10.3 Å². The van der Waals surface area contributed by atoms with Crippen molar-refractivity contribution < 1.29 is 8.94 Å². The largest absolute Gasteiger partial charge is 0.598 e. The van der Waals surface area contributed by atoms with Gasteiger partial charge in [-0.3, -0.25) is 4.40 Å². The van der Waals surface area contributed by atoms with E-state index in [9.17, 15) is 8.94 Å². The van der Waals surface area contributed by atoms with Crippen LogP contribution < -0.4 is 9.62 Å². The number of aryl methyl sites for hydroxylation is 1. The molecular weight excluding hydrogens is 568 g/mol. The van der Waals surface area contributed by atoms with Gasteiger partial charge in [-0.25, -0.2) is 14.4 Å². The van der Waals surface area contributed by atoms with Crippen LogP contribution in [-0.2, 0) is 17.8 Å². The highest BCUT2D eigenvalue weighted by Crippen LogP contribution is 2.53. The number of nitrogens with zero attached hydrogens (tertiary/aromatic N) is 4. The topological polar surface area (TPSA) is 68.5 Å². The van der Waals surface area contributed by atoms with E-state index in [4.69, 9.17) is 28.2 Å². The van der Waals surface area contributed by atoms with Gasteiger partial charge in [0.25, 0.3) is 0 Å². The molecule has 1 aliphatic heterocycles. The number of nitrogens with one attached hydrogen (secondary N) is 1. The first kappa shape index (κ1) is 27.8. The Balaban J connectivity index is 1.32.